The molecule has 0 N–H and O–H groups in total. The van der Waals surface area contributed by atoms with E-state index in [1.807, 2.05) is 20.8 Å². The first-order valence-electron chi connectivity index (χ1n) is 3.25. The van der Waals surface area contributed by atoms with Gasteiger partial charge in [0.1, 0.15) is 6.10 Å². The third-order valence-corrected chi connectivity index (χ3v) is 0.951. The fourth-order valence-corrected chi connectivity index (χ4v) is 0.546. The standard InChI is InChI=1S/C7H13NO/c1-4-7(5-8)9-6(2)3/h6-7H,4H2,1-3H3. The highest BCUT2D eigenvalue weighted by atomic mass is 16.5. The highest BCUT2D eigenvalue weighted by Crippen LogP contribution is 1.99. The average Bonchev–Trinajstić information content (AvgIpc) is 1.82. The molecule has 0 aliphatic rings. The van der Waals surface area contributed by atoms with Crippen LogP contribution in [0.15, 0.2) is 0 Å². The molecular weight excluding hydrogens is 114 g/mol. The molecular formula is C7H13NO. The number of nitrogens with zero attached hydrogens (tertiary/aromatic N) is 1. The van der Waals surface area contributed by atoms with Gasteiger partial charge in [0.2, 0.25) is 0 Å². The average molecular weight is 127 g/mol. The lowest BCUT2D eigenvalue weighted by molar-refractivity contribution is 0.0380. The molecule has 0 rings (SSSR count). The van der Waals surface area contributed by atoms with E-state index in [1.165, 1.54) is 0 Å². The Morgan fingerprint density at radius 3 is 2.22 bits per heavy atom. The molecule has 0 radical (unpaired) electrons. The SMILES string of the molecule is CCC(C#N)OC(C)C. The molecule has 0 bridgehead atoms. The summed E-state index contributed by atoms with van der Waals surface area (Å²) in [6, 6.07) is 2.06. The highest BCUT2D eigenvalue weighted by Gasteiger charge is 2.04. The van der Waals surface area contributed by atoms with Gasteiger partial charge in [0, 0.05) is 0 Å². The second-order valence-electron chi connectivity index (χ2n) is 2.21. The van der Waals surface area contributed by atoms with Crippen molar-refractivity contribution < 1.29 is 4.74 Å². The minimum atomic E-state index is -0.218. The molecule has 1 atom stereocenters. The van der Waals surface area contributed by atoms with Gasteiger partial charge in [0.15, 0.2) is 0 Å². The van der Waals surface area contributed by atoms with Crippen LogP contribution in [0.5, 0.6) is 0 Å². The summed E-state index contributed by atoms with van der Waals surface area (Å²) in [6.45, 7) is 5.80. The third kappa shape index (κ3) is 3.99. The lowest BCUT2D eigenvalue weighted by Crippen LogP contribution is -2.14. The first-order chi connectivity index (χ1) is 4.20. The smallest absolute Gasteiger partial charge is 0.144 e. The highest BCUT2D eigenvalue weighted by molar-refractivity contribution is 4.82. The Morgan fingerprint density at radius 1 is 1.56 bits per heavy atom. The lowest BCUT2D eigenvalue weighted by atomic mass is 10.3. The van der Waals surface area contributed by atoms with Crippen molar-refractivity contribution >= 4 is 0 Å². The number of hydrogen-bond donors (Lipinski definition) is 0. The van der Waals surface area contributed by atoms with Gasteiger partial charge in [-0.05, 0) is 20.3 Å². The molecule has 0 aliphatic carbocycles. The third-order valence-electron chi connectivity index (χ3n) is 0.951. The summed E-state index contributed by atoms with van der Waals surface area (Å²) < 4.78 is 5.19. The number of ether oxygens (including phenoxy) is 1. The molecule has 0 saturated heterocycles. The monoisotopic (exact) mass is 127 g/mol. The van der Waals surface area contributed by atoms with Gasteiger partial charge in [-0.1, -0.05) is 6.92 Å². The second kappa shape index (κ2) is 4.34. The molecule has 0 saturated carbocycles. The van der Waals surface area contributed by atoms with Gasteiger partial charge in [0.05, 0.1) is 12.2 Å². The van der Waals surface area contributed by atoms with Crippen LogP contribution in [-0.4, -0.2) is 12.2 Å². The van der Waals surface area contributed by atoms with Crippen LogP contribution in [0.25, 0.3) is 0 Å². The van der Waals surface area contributed by atoms with E-state index < -0.39 is 0 Å². The summed E-state index contributed by atoms with van der Waals surface area (Å²) in [6.07, 6.45) is 0.717. The summed E-state index contributed by atoms with van der Waals surface area (Å²) in [4.78, 5) is 0. The van der Waals surface area contributed by atoms with Crippen LogP contribution in [-0.2, 0) is 4.74 Å². The molecule has 0 heterocycles. The Labute approximate surface area is 56.4 Å². The van der Waals surface area contributed by atoms with E-state index in [0.717, 1.165) is 6.42 Å². The molecule has 52 valence electrons. The van der Waals surface area contributed by atoms with Crippen molar-refractivity contribution in [2.24, 2.45) is 0 Å². The molecule has 0 aromatic rings. The Bertz CT molecular complexity index is 104. The van der Waals surface area contributed by atoms with Gasteiger partial charge in [0.25, 0.3) is 0 Å². The van der Waals surface area contributed by atoms with Gasteiger partial charge in [-0.3, -0.25) is 0 Å². The Hall–Kier alpha value is -0.550. The fourth-order valence-electron chi connectivity index (χ4n) is 0.546. The van der Waals surface area contributed by atoms with Crippen LogP contribution >= 0.6 is 0 Å². The molecule has 0 aliphatic heterocycles. The van der Waals surface area contributed by atoms with Gasteiger partial charge in [-0.2, -0.15) is 5.26 Å². The maximum absolute atomic E-state index is 8.40. The molecule has 0 amide bonds. The molecule has 0 aromatic heterocycles. The molecule has 2 nitrogen and oxygen atoms in total. The number of rotatable bonds is 3. The van der Waals surface area contributed by atoms with Crippen LogP contribution < -0.4 is 0 Å². The topological polar surface area (TPSA) is 33.0 Å². The minimum Gasteiger partial charge on any atom is -0.361 e. The number of nitriles is 1. The van der Waals surface area contributed by atoms with E-state index >= 15 is 0 Å². The normalized spacial score (nSPS) is 13.2. The van der Waals surface area contributed by atoms with Crippen LogP contribution in [0.3, 0.4) is 0 Å². The van der Waals surface area contributed by atoms with E-state index in [2.05, 4.69) is 6.07 Å². The molecule has 2 heteroatoms. The number of hydrogen-bond acceptors (Lipinski definition) is 2. The van der Waals surface area contributed by atoms with E-state index in [0.29, 0.717) is 0 Å². The van der Waals surface area contributed by atoms with Gasteiger partial charge in [-0.15, -0.1) is 0 Å². The molecule has 1 unspecified atom stereocenters. The largest absolute Gasteiger partial charge is 0.361 e. The van der Waals surface area contributed by atoms with Crippen LogP contribution in [0, 0.1) is 11.3 Å². The zero-order valence-corrected chi connectivity index (χ0v) is 6.22. The van der Waals surface area contributed by atoms with Gasteiger partial charge >= 0.3 is 0 Å². The molecule has 9 heavy (non-hydrogen) atoms. The summed E-state index contributed by atoms with van der Waals surface area (Å²) in [5, 5.41) is 8.40. The summed E-state index contributed by atoms with van der Waals surface area (Å²) in [7, 11) is 0. The predicted molar refractivity (Wildman–Crippen MR) is 35.9 cm³/mol. The van der Waals surface area contributed by atoms with Crippen molar-refractivity contribution in [2.75, 3.05) is 0 Å². The minimum absolute atomic E-state index is 0.162. The maximum atomic E-state index is 8.40. The Balaban J connectivity index is 3.47. The first-order valence-corrected chi connectivity index (χ1v) is 3.25. The van der Waals surface area contributed by atoms with Gasteiger partial charge in [-0.25, -0.2) is 0 Å². The lowest BCUT2D eigenvalue weighted by Gasteiger charge is -2.10. The van der Waals surface area contributed by atoms with Crippen molar-refractivity contribution in [3.8, 4) is 6.07 Å². The zero-order valence-electron chi connectivity index (χ0n) is 6.22. The molecule has 0 spiro atoms. The van der Waals surface area contributed by atoms with Crippen molar-refractivity contribution in [1.29, 1.82) is 5.26 Å². The zero-order chi connectivity index (χ0) is 7.28. The molecule has 0 aromatic carbocycles. The first kappa shape index (κ1) is 8.45. The van der Waals surface area contributed by atoms with E-state index in [4.69, 9.17) is 10.00 Å². The quantitative estimate of drug-likeness (QED) is 0.578. The Morgan fingerprint density at radius 2 is 2.11 bits per heavy atom. The Kier molecular flexibility index (Phi) is 4.08. The van der Waals surface area contributed by atoms with E-state index in [9.17, 15) is 0 Å². The van der Waals surface area contributed by atoms with E-state index in [1.54, 1.807) is 0 Å². The van der Waals surface area contributed by atoms with Crippen molar-refractivity contribution in [1.82, 2.24) is 0 Å². The van der Waals surface area contributed by atoms with E-state index in [-0.39, 0.29) is 12.2 Å². The van der Waals surface area contributed by atoms with Crippen LogP contribution in [0.1, 0.15) is 27.2 Å². The molecule has 0 fully saturated rings. The summed E-state index contributed by atoms with van der Waals surface area (Å²) in [5.41, 5.74) is 0. The summed E-state index contributed by atoms with van der Waals surface area (Å²) >= 11 is 0. The van der Waals surface area contributed by atoms with Crippen LogP contribution in [0.2, 0.25) is 0 Å². The van der Waals surface area contributed by atoms with Crippen molar-refractivity contribution in [3.05, 3.63) is 0 Å². The van der Waals surface area contributed by atoms with Crippen molar-refractivity contribution in [3.63, 3.8) is 0 Å². The summed E-state index contributed by atoms with van der Waals surface area (Å²) in [5.74, 6) is 0. The predicted octanol–water partition coefficient (Wildman–Crippen LogP) is 1.71. The van der Waals surface area contributed by atoms with Crippen molar-refractivity contribution in [2.45, 2.75) is 39.4 Å². The van der Waals surface area contributed by atoms with Gasteiger partial charge < -0.3 is 4.74 Å². The van der Waals surface area contributed by atoms with Crippen LogP contribution in [0.4, 0.5) is 0 Å². The fraction of sp³-hybridized carbons (Fsp3) is 0.857. The second-order valence-corrected chi connectivity index (χ2v) is 2.21. The maximum Gasteiger partial charge on any atom is 0.144 e.